The average molecular weight is 259 g/mol. The number of hydrogen-bond donors (Lipinski definition) is 4. The maximum Gasteiger partial charge on any atom is 0.347 e. The van der Waals surface area contributed by atoms with Crippen LogP contribution >= 0.6 is 0 Å². The first-order chi connectivity index (χ1) is 8.37. The Morgan fingerprint density at radius 2 is 2.28 bits per heavy atom. The first-order valence-electron chi connectivity index (χ1n) is 5.23. The summed E-state index contributed by atoms with van der Waals surface area (Å²) in [7, 11) is 0. The predicted molar refractivity (Wildman–Crippen MR) is 56.7 cm³/mol. The summed E-state index contributed by atoms with van der Waals surface area (Å²) in [5.74, 6) is 0. The summed E-state index contributed by atoms with van der Waals surface area (Å²) in [4.78, 5) is 24.4. The zero-order valence-corrected chi connectivity index (χ0v) is 9.48. The number of rotatable bonds is 2. The second kappa shape index (κ2) is 4.28. The highest BCUT2D eigenvalue weighted by Gasteiger charge is 2.53. The third-order valence-electron chi connectivity index (χ3n) is 2.89. The Morgan fingerprint density at radius 1 is 1.61 bits per heavy atom. The van der Waals surface area contributed by atoms with Crippen LogP contribution in [0.15, 0.2) is 15.8 Å². The number of aliphatic hydroxyl groups excluding tert-OH is 2. The molecule has 0 bridgehead atoms. The monoisotopic (exact) mass is 259 g/mol. The fraction of sp³-hybridized carbons (Fsp3) is 0.667. The molecule has 1 saturated heterocycles. The van der Waals surface area contributed by atoms with Gasteiger partial charge in [-0.15, -0.1) is 0 Å². The maximum atomic E-state index is 11.5. The number of aliphatic hydroxyl groups is 3. The van der Waals surface area contributed by atoms with Crippen molar-refractivity contribution in [3.63, 3.8) is 0 Å². The summed E-state index contributed by atoms with van der Waals surface area (Å²) in [5.41, 5.74) is -3.38. The SMILES string of the molecule is C[C@@]1(O)[C@@H](O)C(CO)O[C@H]1n1ncc(=O)[nH]c1=O. The molecule has 9 nitrogen and oxygen atoms in total. The van der Waals surface area contributed by atoms with Gasteiger partial charge in [0.05, 0.1) is 6.61 Å². The summed E-state index contributed by atoms with van der Waals surface area (Å²) >= 11 is 0. The summed E-state index contributed by atoms with van der Waals surface area (Å²) < 4.78 is 5.88. The van der Waals surface area contributed by atoms with E-state index in [0.717, 1.165) is 6.20 Å². The van der Waals surface area contributed by atoms with Gasteiger partial charge in [-0.3, -0.25) is 9.78 Å². The molecule has 4 N–H and O–H groups in total. The minimum absolute atomic E-state index is 0.522. The van der Waals surface area contributed by atoms with E-state index in [1.807, 2.05) is 4.98 Å². The van der Waals surface area contributed by atoms with Crippen LogP contribution in [-0.4, -0.2) is 54.5 Å². The molecule has 1 aromatic heterocycles. The van der Waals surface area contributed by atoms with Crippen LogP contribution in [-0.2, 0) is 4.74 Å². The van der Waals surface area contributed by atoms with Crippen LogP contribution in [0.5, 0.6) is 0 Å². The molecule has 0 amide bonds. The van der Waals surface area contributed by atoms with Crippen molar-refractivity contribution in [1.29, 1.82) is 0 Å². The molecule has 1 aromatic rings. The van der Waals surface area contributed by atoms with Crippen LogP contribution in [0.2, 0.25) is 0 Å². The van der Waals surface area contributed by atoms with Crippen molar-refractivity contribution in [1.82, 2.24) is 14.8 Å². The third-order valence-corrected chi connectivity index (χ3v) is 2.89. The van der Waals surface area contributed by atoms with Crippen LogP contribution in [0, 0.1) is 0 Å². The highest BCUT2D eigenvalue weighted by atomic mass is 16.6. The van der Waals surface area contributed by atoms with Crippen molar-refractivity contribution < 1.29 is 20.1 Å². The van der Waals surface area contributed by atoms with Crippen LogP contribution in [0.3, 0.4) is 0 Å². The smallest absolute Gasteiger partial charge is 0.347 e. The number of aromatic amines is 1. The Kier molecular flexibility index (Phi) is 3.07. The van der Waals surface area contributed by atoms with Crippen molar-refractivity contribution >= 4 is 0 Å². The molecule has 1 fully saturated rings. The van der Waals surface area contributed by atoms with E-state index in [-0.39, 0.29) is 0 Å². The zero-order chi connectivity index (χ0) is 13.5. The molecule has 0 aliphatic carbocycles. The maximum absolute atomic E-state index is 11.5. The number of ether oxygens (including phenoxy) is 1. The van der Waals surface area contributed by atoms with Gasteiger partial charge in [-0.05, 0) is 6.92 Å². The molecule has 9 heteroatoms. The van der Waals surface area contributed by atoms with Crippen LogP contribution in [0.25, 0.3) is 0 Å². The van der Waals surface area contributed by atoms with Gasteiger partial charge in [0, 0.05) is 0 Å². The van der Waals surface area contributed by atoms with Gasteiger partial charge in [0.25, 0.3) is 5.56 Å². The number of nitrogens with one attached hydrogen (secondary N) is 1. The lowest BCUT2D eigenvalue weighted by Crippen LogP contribution is -2.47. The van der Waals surface area contributed by atoms with Crippen LogP contribution in [0.4, 0.5) is 0 Å². The van der Waals surface area contributed by atoms with E-state index in [9.17, 15) is 19.8 Å². The van der Waals surface area contributed by atoms with E-state index in [1.54, 1.807) is 0 Å². The highest BCUT2D eigenvalue weighted by Crippen LogP contribution is 2.36. The molecule has 0 spiro atoms. The Bertz CT molecular complexity index is 550. The van der Waals surface area contributed by atoms with Crippen LogP contribution < -0.4 is 11.2 Å². The summed E-state index contributed by atoms with van der Waals surface area (Å²) in [6.45, 7) is 0.725. The first kappa shape index (κ1) is 12.9. The average Bonchev–Trinajstić information content (AvgIpc) is 2.52. The molecule has 0 aromatic carbocycles. The third kappa shape index (κ3) is 1.86. The number of hydrogen-bond acceptors (Lipinski definition) is 7. The Labute approximate surface area is 100 Å². The molecule has 18 heavy (non-hydrogen) atoms. The zero-order valence-electron chi connectivity index (χ0n) is 9.48. The first-order valence-corrected chi connectivity index (χ1v) is 5.23. The van der Waals surface area contributed by atoms with E-state index in [4.69, 9.17) is 9.84 Å². The predicted octanol–water partition coefficient (Wildman–Crippen LogP) is -3.07. The van der Waals surface area contributed by atoms with Crippen molar-refractivity contribution in [2.24, 2.45) is 0 Å². The highest BCUT2D eigenvalue weighted by molar-refractivity contribution is 4.98. The van der Waals surface area contributed by atoms with E-state index < -0.39 is 41.9 Å². The minimum Gasteiger partial charge on any atom is -0.394 e. The molecule has 100 valence electrons. The number of nitrogens with zero attached hydrogens (tertiary/aromatic N) is 2. The van der Waals surface area contributed by atoms with Gasteiger partial charge in [-0.1, -0.05) is 0 Å². The van der Waals surface area contributed by atoms with E-state index in [2.05, 4.69) is 5.10 Å². The lowest BCUT2D eigenvalue weighted by atomic mass is 9.97. The quantitative estimate of drug-likeness (QED) is 0.442. The molecule has 1 aliphatic rings. The molecule has 2 rings (SSSR count). The molecule has 1 aliphatic heterocycles. The van der Waals surface area contributed by atoms with Gasteiger partial charge < -0.3 is 20.1 Å². The Balaban J connectivity index is 2.45. The molecular weight excluding hydrogens is 246 g/mol. The number of H-pyrrole nitrogens is 1. The molecule has 1 unspecified atom stereocenters. The lowest BCUT2D eigenvalue weighted by Gasteiger charge is -2.26. The van der Waals surface area contributed by atoms with Crippen LogP contribution in [0.1, 0.15) is 13.2 Å². The summed E-state index contributed by atoms with van der Waals surface area (Å²) in [6.07, 6.45) is -2.87. The minimum atomic E-state index is -1.82. The van der Waals surface area contributed by atoms with Gasteiger partial charge in [-0.2, -0.15) is 9.78 Å². The van der Waals surface area contributed by atoms with Crippen molar-refractivity contribution in [3.05, 3.63) is 27.0 Å². The molecular formula is C9H13N3O6. The Morgan fingerprint density at radius 3 is 2.78 bits per heavy atom. The standard InChI is InChI=1S/C9H13N3O6/c1-9(17)6(15)4(3-13)18-7(9)12-8(16)11-5(14)2-10-12/h2,4,6-7,13,15,17H,3H2,1H3,(H,11,14,16)/t4?,6-,7+,9+/m0/s1. The van der Waals surface area contributed by atoms with Crippen molar-refractivity contribution in [2.45, 2.75) is 31.0 Å². The normalized spacial score (nSPS) is 35.9. The molecule has 2 heterocycles. The second-order valence-corrected chi connectivity index (χ2v) is 4.26. The van der Waals surface area contributed by atoms with Gasteiger partial charge in [-0.25, -0.2) is 4.79 Å². The summed E-state index contributed by atoms with van der Waals surface area (Å²) in [6, 6.07) is 0. The van der Waals surface area contributed by atoms with E-state index >= 15 is 0 Å². The van der Waals surface area contributed by atoms with Gasteiger partial charge >= 0.3 is 5.69 Å². The lowest BCUT2D eigenvalue weighted by molar-refractivity contribution is -0.105. The number of aromatic nitrogens is 3. The van der Waals surface area contributed by atoms with Gasteiger partial charge in [0.2, 0.25) is 0 Å². The van der Waals surface area contributed by atoms with Gasteiger partial charge in [0.1, 0.15) is 24.0 Å². The van der Waals surface area contributed by atoms with Crippen molar-refractivity contribution in [3.8, 4) is 0 Å². The van der Waals surface area contributed by atoms with E-state index in [0.29, 0.717) is 4.68 Å². The van der Waals surface area contributed by atoms with Crippen molar-refractivity contribution in [2.75, 3.05) is 6.61 Å². The Hall–Kier alpha value is -1.55. The molecule has 4 atom stereocenters. The largest absolute Gasteiger partial charge is 0.394 e. The van der Waals surface area contributed by atoms with Gasteiger partial charge in [0.15, 0.2) is 6.23 Å². The summed E-state index contributed by atoms with van der Waals surface area (Å²) in [5, 5.41) is 32.4. The molecule has 0 saturated carbocycles. The fourth-order valence-corrected chi connectivity index (χ4v) is 1.88. The topological polar surface area (TPSA) is 138 Å². The molecule has 0 radical (unpaired) electrons. The van der Waals surface area contributed by atoms with E-state index in [1.165, 1.54) is 6.92 Å². The second-order valence-electron chi connectivity index (χ2n) is 4.26. The fourth-order valence-electron chi connectivity index (χ4n) is 1.88.